The third kappa shape index (κ3) is 5.27. The first-order valence-electron chi connectivity index (χ1n) is 11.8. The van der Waals surface area contributed by atoms with Crippen molar-refractivity contribution in [3.8, 4) is 16.5 Å². The summed E-state index contributed by atoms with van der Waals surface area (Å²) >= 11 is 13.9. The Balaban J connectivity index is 1.42. The van der Waals surface area contributed by atoms with Gasteiger partial charge in [0.25, 0.3) is 5.91 Å². The van der Waals surface area contributed by atoms with E-state index in [4.69, 9.17) is 38.4 Å². The summed E-state index contributed by atoms with van der Waals surface area (Å²) in [6, 6.07) is 9.99. The van der Waals surface area contributed by atoms with Crippen LogP contribution < -0.4 is 15.2 Å². The second-order valence-corrected chi connectivity index (χ2v) is 10.9. The molecule has 194 valence electrons. The van der Waals surface area contributed by atoms with Crippen LogP contribution in [-0.2, 0) is 0 Å². The van der Waals surface area contributed by atoms with Crippen molar-refractivity contribution in [1.29, 1.82) is 0 Å². The topological polar surface area (TPSA) is 82.6 Å². The number of imidazole rings is 1. The molecular weight excluding hydrogens is 538 g/mol. The molecular formula is C26H25Cl2FN4O3S. The second-order valence-electron chi connectivity index (χ2n) is 9.05. The fraction of sp³-hybridized carbons (Fsp3) is 0.308. The summed E-state index contributed by atoms with van der Waals surface area (Å²) in [5.41, 5.74) is 7.74. The molecule has 1 aliphatic rings. The highest BCUT2D eigenvalue weighted by Crippen LogP contribution is 2.40. The minimum atomic E-state index is -0.623. The summed E-state index contributed by atoms with van der Waals surface area (Å²) in [5, 5.41) is 1.42. The number of amides is 1. The third-order valence-electron chi connectivity index (χ3n) is 6.43. The Morgan fingerprint density at radius 1 is 1.22 bits per heavy atom. The molecule has 0 radical (unpaired) electrons. The van der Waals surface area contributed by atoms with E-state index >= 15 is 0 Å². The van der Waals surface area contributed by atoms with Gasteiger partial charge in [0.1, 0.15) is 34.2 Å². The Morgan fingerprint density at radius 2 is 1.97 bits per heavy atom. The van der Waals surface area contributed by atoms with E-state index in [0.29, 0.717) is 26.9 Å². The third-order valence-corrected chi connectivity index (χ3v) is 8.18. The number of primary amides is 1. The Morgan fingerprint density at radius 3 is 2.70 bits per heavy atom. The maximum Gasteiger partial charge on any atom is 0.262 e. The number of hydrogen-bond acceptors (Lipinski definition) is 6. The number of rotatable bonds is 7. The van der Waals surface area contributed by atoms with Gasteiger partial charge < -0.3 is 20.1 Å². The number of nitrogens with zero attached hydrogens (tertiary/aromatic N) is 3. The van der Waals surface area contributed by atoms with Crippen LogP contribution in [0.3, 0.4) is 0 Å². The molecule has 4 aromatic rings. The summed E-state index contributed by atoms with van der Waals surface area (Å²) in [7, 11) is 2.05. The van der Waals surface area contributed by atoms with Gasteiger partial charge in [-0.1, -0.05) is 29.3 Å². The molecule has 1 atom stereocenters. The van der Waals surface area contributed by atoms with Crippen molar-refractivity contribution < 1.29 is 18.7 Å². The number of thiophene rings is 1. The highest BCUT2D eigenvalue weighted by atomic mass is 35.5. The summed E-state index contributed by atoms with van der Waals surface area (Å²) in [6.07, 6.45) is 2.49. The Hall–Kier alpha value is -2.85. The molecule has 0 saturated carbocycles. The zero-order valence-corrected chi connectivity index (χ0v) is 22.5. The largest absolute Gasteiger partial charge is 0.486 e. The zero-order valence-electron chi connectivity index (χ0n) is 20.2. The summed E-state index contributed by atoms with van der Waals surface area (Å²) in [5.74, 6) is -0.826. The molecule has 2 aromatic heterocycles. The lowest BCUT2D eigenvalue weighted by atomic mass is 10.1. The molecule has 0 aliphatic carbocycles. The van der Waals surface area contributed by atoms with Gasteiger partial charge in [-0.25, -0.2) is 9.37 Å². The molecule has 37 heavy (non-hydrogen) atoms. The monoisotopic (exact) mass is 562 g/mol. The smallest absolute Gasteiger partial charge is 0.262 e. The van der Waals surface area contributed by atoms with E-state index in [1.54, 1.807) is 37.5 Å². The van der Waals surface area contributed by atoms with Crippen molar-refractivity contribution >= 4 is 51.5 Å². The van der Waals surface area contributed by atoms with Gasteiger partial charge in [0.2, 0.25) is 0 Å². The van der Waals surface area contributed by atoms with Crippen LogP contribution in [0.4, 0.5) is 4.39 Å². The maximum atomic E-state index is 14.7. The van der Waals surface area contributed by atoms with Crippen LogP contribution in [0.25, 0.3) is 16.0 Å². The standard InChI is InChI=1S/C26H25Cl2FN4O3S/c1-14(17-4-5-18(29)24(23(17)28)36-16-7-9-32(2)10-8-16)35-21-12-22(37-25(21)26(30)34)33-13-31-19-11-15(27)3-6-20(19)33/h3-6,11-14,16H,7-10H2,1-2H3,(H2,30,34)/t14-/m1/s1. The fourth-order valence-electron chi connectivity index (χ4n) is 4.39. The van der Waals surface area contributed by atoms with Crippen LogP contribution in [-0.4, -0.2) is 46.6 Å². The average Bonchev–Trinajstić information content (AvgIpc) is 3.46. The van der Waals surface area contributed by atoms with E-state index in [0.717, 1.165) is 31.4 Å². The number of nitrogens with two attached hydrogens (primary N) is 1. The van der Waals surface area contributed by atoms with Crippen molar-refractivity contribution in [2.24, 2.45) is 5.73 Å². The van der Waals surface area contributed by atoms with E-state index in [1.807, 2.05) is 17.7 Å². The molecule has 2 N–H and O–H groups in total. The first-order chi connectivity index (χ1) is 17.7. The number of aromatic nitrogens is 2. The lowest BCUT2D eigenvalue weighted by molar-refractivity contribution is 0.0998. The number of likely N-dealkylation sites (tertiary alicyclic amines) is 1. The van der Waals surface area contributed by atoms with Gasteiger partial charge in [0.15, 0.2) is 11.6 Å². The van der Waals surface area contributed by atoms with Crippen molar-refractivity contribution in [2.75, 3.05) is 20.1 Å². The molecule has 0 bridgehead atoms. The number of ether oxygens (including phenoxy) is 2. The fourth-order valence-corrected chi connectivity index (χ4v) is 5.84. The lowest BCUT2D eigenvalue weighted by Gasteiger charge is -2.30. The molecule has 7 nitrogen and oxygen atoms in total. The Labute approximate surface area is 227 Å². The molecule has 11 heteroatoms. The number of fused-ring (bicyclic) bond motifs is 1. The summed E-state index contributed by atoms with van der Waals surface area (Å²) in [4.78, 5) is 19.1. The van der Waals surface area contributed by atoms with E-state index in [9.17, 15) is 9.18 Å². The zero-order chi connectivity index (χ0) is 26.3. The minimum Gasteiger partial charge on any atom is -0.486 e. The van der Waals surface area contributed by atoms with Crippen LogP contribution in [0.15, 0.2) is 42.7 Å². The first kappa shape index (κ1) is 25.8. The average molecular weight is 563 g/mol. The second kappa shape index (κ2) is 10.5. The van der Waals surface area contributed by atoms with E-state index in [1.165, 1.54) is 17.4 Å². The minimum absolute atomic E-state index is 0.0221. The lowest BCUT2D eigenvalue weighted by Crippen LogP contribution is -2.35. The van der Waals surface area contributed by atoms with Crippen molar-refractivity contribution in [3.05, 3.63) is 69.0 Å². The molecule has 2 aromatic carbocycles. The quantitative estimate of drug-likeness (QED) is 0.288. The van der Waals surface area contributed by atoms with Gasteiger partial charge in [-0.3, -0.25) is 9.36 Å². The molecule has 1 aliphatic heterocycles. The van der Waals surface area contributed by atoms with E-state index in [-0.39, 0.29) is 21.8 Å². The molecule has 0 spiro atoms. The van der Waals surface area contributed by atoms with Crippen LogP contribution in [0.1, 0.15) is 41.1 Å². The summed E-state index contributed by atoms with van der Waals surface area (Å²) < 4.78 is 28.7. The predicted octanol–water partition coefficient (Wildman–Crippen LogP) is 6.24. The number of halogens is 3. The van der Waals surface area contributed by atoms with Gasteiger partial charge in [-0.2, -0.15) is 0 Å². The highest BCUT2D eigenvalue weighted by Gasteiger charge is 2.26. The van der Waals surface area contributed by atoms with Crippen molar-refractivity contribution in [1.82, 2.24) is 14.5 Å². The predicted molar refractivity (Wildman–Crippen MR) is 144 cm³/mol. The highest BCUT2D eigenvalue weighted by molar-refractivity contribution is 7.16. The first-order valence-corrected chi connectivity index (χ1v) is 13.3. The molecule has 3 heterocycles. The van der Waals surface area contributed by atoms with Gasteiger partial charge in [-0.15, -0.1) is 11.3 Å². The number of carbonyl (C=O) groups is 1. The number of benzene rings is 2. The molecule has 0 unspecified atom stereocenters. The van der Waals surface area contributed by atoms with Crippen molar-refractivity contribution in [2.45, 2.75) is 32.0 Å². The van der Waals surface area contributed by atoms with Gasteiger partial charge in [0.05, 0.1) is 16.1 Å². The summed E-state index contributed by atoms with van der Waals surface area (Å²) in [6.45, 7) is 3.52. The van der Waals surface area contributed by atoms with E-state index in [2.05, 4.69) is 9.88 Å². The Kier molecular flexibility index (Phi) is 7.31. The number of piperidine rings is 1. The number of hydrogen-bond donors (Lipinski definition) is 1. The van der Waals surface area contributed by atoms with Crippen LogP contribution in [0.2, 0.25) is 10.0 Å². The Bertz CT molecular complexity index is 1470. The van der Waals surface area contributed by atoms with Crippen LogP contribution in [0.5, 0.6) is 11.5 Å². The number of carbonyl (C=O) groups excluding carboxylic acids is 1. The SMILES string of the molecule is C[C@@H](Oc1cc(-n2cnc3cc(Cl)ccc32)sc1C(N)=O)c1ccc(F)c(OC2CCN(C)CC2)c1Cl. The van der Waals surface area contributed by atoms with Gasteiger partial charge in [-0.05, 0) is 51.1 Å². The molecule has 5 rings (SSSR count). The van der Waals surface area contributed by atoms with E-state index < -0.39 is 17.8 Å². The van der Waals surface area contributed by atoms with Crippen LogP contribution in [0, 0.1) is 5.82 Å². The normalized spacial score (nSPS) is 15.7. The molecule has 1 amide bonds. The van der Waals surface area contributed by atoms with Crippen molar-refractivity contribution in [3.63, 3.8) is 0 Å². The van der Waals surface area contributed by atoms with Crippen LogP contribution >= 0.6 is 34.5 Å². The maximum absolute atomic E-state index is 14.7. The van der Waals surface area contributed by atoms with Gasteiger partial charge >= 0.3 is 0 Å². The molecule has 1 fully saturated rings. The van der Waals surface area contributed by atoms with Gasteiger partial charge in [0, 0.05) is 29.7 Å². The molecule has 1 saturated heterocycles.